The number of fused-ring (bicyclic) bond motifs is 1. The lowest BCUT2D eigenvalue weighted by atomic mass is 9.62. The minimum absolute atomic E-state index is 0.0427. The summed E-state index contributed by atoms with van der Waals surface area (Å²) in [5.74, 6) is -0.0836. The molecule has 116 valence electrons. The van der Waals surface area contributed by atoms with E-state index in [0.717, 1.165) is 12.8 Å². The Morgan fingerprint density at radius 3 is 2.86 bits per heavy atom. The maximum Gasteiger partial charge on any atom is 0.438 e. The van der Waals surface area contributed by atoms with E-state index in [1.165, 1.54) is 0 Å². The van der Waals surface area contributed by atoms with Gasteiger partial charge in [0.05, 0.1) is 17.6 Å². The maximum atomic E-state index is 12.8. The second kappa shape index (κ2) is 5.25. The number of carbonyl (C=O) groups is 1. The highest BCUT2D eigenvalue weighted by Gasteiger charge is 2.66. The predicted octanol–water partition coefficient (Wildman–Crippen LogP) is 0.320. The molecule has 2 aliphatic heterocycles. The Bertz CT molecular complexity index is 576. The average molecular weight is 299 g/mol. The maximum absolute atomic E-state index is 12.8. The lowest BCUT2D eigenvalue weighted by Gasteiger charge is -2.41. The molecular formula is C13H18FN3O4. The number of H-pyrrole nitrogens is 1. The average Bonchev–Trinajstić information content (AvgIpc) is 3.11. The van der Waals surface area contributed by atoms with Crippen molar-refractivity contribution in [2.24, 2.45) is 5.41 Å². The molecule has 1 aromatic rings. The van der Waals surface area contributed by atoms with Crippen molar-refractivity contribution in [3.63, 3.8) is 0 Å². The van der Waals surface area contributed by atoms with Crippen molar-refractivity contribution in [1.29, 1.82) is 0 Å². The lowest BCUT2D eigenvalue weighted by molar-refractivity contribution is -0.136. The van der Waals surface area contributed by atoms with Crippen LogP contribution >= 0.6 is 0 Å². The van der Waals surface area contributed by atoms with E-state index < -0.39 is 23.4 Å². The van der Waals surface area contributed by atoms with E-state index in [2.05, 4.69) is 20.0 Å². The quantitative estimate of drug-likeness (QED) is 0.707. The molecule has 3 aliphatic rings. The van der Waals surface area contributed by atoms with Crippen LogP contribution in [0.2, 0.25) is 0 Å². The number of carbonyl (C=O) groups excluding carboxylic acids is 1. The van der Waals surface area contributed by atoms with Crippen LogP contribution in [0.3, 0.4) is 0 Å². The van der Waals surface area contributed by atoms with Crippen LogP contribution < -0.4 is 11.1 Å². The number of aryl methyl sites for hydroxylation is 1. The van der Waals surface area contributed by atoms with Gasteiger partial charge >= 0.3 is 5.76 Å². The van der Waals surface area contributed by atoms with E-state index in [1.807, 2.05) is 0 Å². The highest BCUT2D eigenvalue weighted by atomic mass is 19.1. The summed E-state index contributed by atoms with van der Waals surface area (Å²) in [7, 11) is 0. The molecule has 3 fully saturated rings. The minimum atomic E-state index is -0.684. The summed E-state index contributed by atoms with van der Waals surface area (Å²) in [4.78, 5) is 25.3. The second-order valence-corrected chi connectivity index (χ2v) is 5.99. The van der Waals surface area contributed by atoms with Crippen LogP contribution in [0, 0.1) is 5.41 Å². The van der Waals surface area contributed by atoms with Gasteiger partial charge in [0.15, 0.2) is 5.82 Å². The van der Waals surface area contributed by atoms with Crippen LogP contribution in [0.1, 0.15) is 31.5 Å². The second-order valence-electron chi connectivity index (χ2n) is 5.99. The number of aromatic amines is 1. The van der Waals surface area contributed by atoms with Crippen molar-refractivity contribution in [1.82, 2.24) is 15.5 Å². The SMILES string of the molecule is O=C(NCCCCc1noc(=O)[nH]1)C12COC(CF)(C1)C2. The molecule has 2 saturated heterocycles. The number of alkyl halides is 1. The van der Waals surface area contributed by atoms with Crippen LogP contribution in [0.25, 0.3) is 0 Å². The summed E-state index contributed by atoms with van der Waals surface area (Å²) in [5, 5.41) is 6.44. The predicted molar refractivity (Wildman–Crippen MR) is 69.4 cm³/mol. The number of hydrogen-bond donors (Lipinski definition) is 2. The van der Waals surface area contributed by atoms with E-state index in [0.29, 0.717) is 38.2 Å². The molecule has 0 spiro atoms. The highest BCUT2D eigenvalue weighted by Crippen LogP contribution is 2.58. The Kier molecular flexibility index (Phi) is 3.56. The zero-order valence-corrected chi connectivity index (χ0v) is 11.6. The van der Waals surface area contributed by atoms with Gasteiger partial charge in [0.1, 0.15) is 6.67 Å². The van der Waals surface area contributed by atoms with Crippen molar-refractivity contribution < 1.29 is 18.4 Å². The number of halogens is 1. The molecule has 0 unspecified atom stereocenters. The van der Waals surface area contributed by atoms with Gasteiger partial charge in [-0.3, -0.25) is 14.3 Å². The van der Waals surface area contributed by atoms with Crippen LogP contribution in [-0.2, 0) is 16.0 Å². The zero-order valence-electron chi connectivity index (χ0n) is 11.6. The number of hydrogen-bond acceptors (Lipinski definition) is 5. The topological polar surface area (TPSA) is 97.2 Å². The van der Waals surface area contributed by atoms with Gasteiger partial charge in [0.25, 0.3) is 0 Å². The first-order valence-electron chi connectivity index (χ1n) is 7.11. The standard InChI is InChI=1S/C13H18FN3O4/c14-7-13-5-12(6-13,8-20-13)10(18)15-4-2-1-3-9-16-11(19)21-17-9/h1-8H2,(H,15,18)(H,16,17,19). The molecular weight excluding hydrogens is 281 g/mol. The van der Waals surface area contributed by atoms with Crippen LogP contribution in [0.15, 0.2) is 9.32 Å². The molecule has 0 aromatic carbocycles. The molecule has 2 bridgehead atoms. The van der Waals surface area contributed by atoms with Gasteiger partial charge in [-0.05, 0) is 25.7 Å². The van der Waals surface area contributed by atoms with Crippen molar-refractivity contribution in [2.45, 2.75) is 37.7 Å². The number of amides is 1. The van der Waals surface area contributed by atoms with E-state index in [4.69, 9.17) is 4.74 Å². The number of nitrogens with zero attached hydrogens (tertiary/aromatic N) is 1. The molecule has 3 heterocycles. The number of ether oxygens (including phenoxy) is 1. The summed E-state index contributed by atoms with van der Waals surface area (Å²) < 4.78 is 22.6. The first-order valence-corrected chi connectivity index (χ1v) is 7.11. The largest absolute Gasteiger partial charge is 0.438 e. The van der Waals surface area contributed by atoms with Gasteiger partial charge in [-0.2, -0.15) is 0 Å². The highest BCUT2D eigenvalue weighted by molar-refractivity contribution is 5.85. The van der Waals surface area contributed by atoms with Crippen LogP contribution in [0.4, 0.5) is 4.39 Å². The summed E-state index contributed by atoms with van der Waals surface area (Å²) in [6.07, 6.45) is 3.12. The fraction of sp³-hybridized carbons (Fsp3) is 0.769. The Labute approximate surface area is 120 Å². The smallest absolute Gasteiger partial charge is 0.371 e. The molecule has 0 atom stereocenters. The lowest BCUT2D eigenvalue weighted by Crippen LogP contribution is -2.53. The third kappa shape index (κ3) is 2.59. The van der Waals surface area contributed by atoms with Crippen molar-refractivity contribution >= 4 is 5.91 Å². The number of nitrogens with one attached hydrogen (secondary N) is 2. The molecule has 21 heavy (non-hydrogen) atoms. The van der Waals surface area contributed by atoms with E-state index >= 15 is 0 Å². The monoisotopic (exact) mass is 299 g/mol. The molecule has 1 amide bonds. The third-order valence-electron chi connectivity index (χ3n) is 4.31. The van der Waals surface area contributed by atoms with Crippen molar-refractivity contribution in [3.05, 3.63) is 16.4 Å². The summed E-state index contributed by atoms with van der Waals surface area (Å²) in [6.45, 7) is 0.353. The number of rotatable bonds is 7. The van der Waals surface area contributed by atoms with Gasteiger partial charge in [-0.25, -0.2) is 9.18 Å². The van der Waals surface area contributed by atoms with Gasteiger partial charge in [0.2, 0.25) is 5.91 Å². The van der Waals surface area contributed by atoms with Crippen molar-refractivity contribution in [2.75, 3.05) is 19.8 Å². The Morgan fingerprint density at radius 1 is 1.43 bits per heavy atom. The first-order chi connectivity index (χ1) is 10.1. The first kappa shape index (κ1) is 14.2. The summed E-state index contributed by atoms with van der Waals surface area (Å²) in [6, 6.07) is 0. The fourth-order valence-electron chi connectivity index (χ4n) is 3.21. The zero-order chi connectivity index (χ0) is 14.9. The van der Waals surface area contributed by atoms with Gasteiger partial charge in [-0.1, -0.05) is 5.16 Å². The van der Waals surface area contributed by atoms with Crippen molar-refractivity contribution in [3.8, 4) is 0 Å². The van der Waals surface area contributed by atoms with Gasteiger partial charge < -0.3 is 10.1 Å². The van der Waals surface area contributed by atoms with Crippen LogP contribution in [0.5, 0.6) is 0 Å². The third-order valence-corrected chi connectivity index (χ3v) is 4.31. The molecule has 1 aromatic heterocycles. The Hall–Kier alpha value is -1.70. The molecule has 4 rings (SSSR count). The summed E-state index contributed by atoms with van der Waals surface area (Å²) in [5.41, 5.74) is -1.19. The van der Waals surface area contributed by atoms with E-state index in [1.54, 1.807) is 0 Å². The molecule has 1 saturated carbocycles. The fourth-order valence-corrected chi connectivity index (χ4v) is 3.21. The minimum Gasteiger partial charge on any atom is -0.371 e. The van der Waals surface area contributed by atoms with Gasteiger partial charge in [-0.15, -0.1) is 0 Å². The molecule has 8 heteroatoms. The Balaban J connectivity index is 1.35. The molecule has 7 nitrogen and oxygen atoms in total. The van der Waals surface area contributed by atoms with E-state index in [9.17, 15) is 14.0 Å². The molecule has 1 aliphatic carbocycles. The van der Waals surface area contributed by atoms with E-state index in [-0.39, 0.29) is 5.91 Å². The van der Waals surface area contributed by atoms with Crippen LogP contribution in [-0.4, -0.2) is 41.5 Å². The van der Waals surface area contributed by atoms with Gasteiger partial charge in [0, 0.05) is 13.0 Å². The normalized spacial score (nSPS) is 30.1. The number of unbranched alkanes of at least 4 members (excludes halogenated alkanes) is 1. The molecule has 2 N–H and O–H groups in total. The number of aromatic nitrogens is 2. The summed E-state index contributed by atoms with van der Waals surface area (Å²) >= 11 is 0. The Morgan fingerprint density at radius 2 is 2.24 bits per heavy atom. The molecule has 0 radical (unpaired) electrons.